The molecule has 1 aromatic heterocycles. The van der Waals surface area contributed by atoms with Gasteiger partial charge in [0.05, 0.1) is 17.1 Å². The minimum absolute atomic E-state index is 0.0882. The Kier molecular flexibility index (Phi) is 4.90. The first-order chi connectivity index (χ1) is 12.5. The normalized spacial score (nSPS) is 10.4. The highest BCUT2D eigenvalue weighted by Crippen LogP contribution is 2.32. The summed E-state index contributed by atoms with van der Waals surface area (Å²) >= 11 is 6.08. The van der Waals surface area contributed by atoms with Crippen molar-refractivity contribution in [3.63, 3.8) is 0 Å². The number of furan rings is 1. The maximum Gasteiger partial charge on any atom is 0.291 e. The lowest BCUT2D eigenvalue weighted by Crippen LogP contribution is -2.10. The van der Waals surface area contributed by atoms with Crippen LogP contribution in [0.1, 0.15) is 10.6 Å². The van der Waals surface area contributed by atoms with Crippen LogP contribution in [0, 0.1) is 10.1 Å². The molecule has 2 aromatic carbocycles. The molecular weight excluding hydrogens is 360 g/mol. The van der Waals surface area contributed by atoms with Crippen LogP contribution < -0.4 is 10.1 Å². The second kappa shape index (κ2) is 7.28. The fraction of sp³-hybridized carbons (Fsp3) is 0.0556. The molecule has 1 N–H and O–H groups in total. The number of benzene rings is 2. The number of nitro groups is 1. The summed E-state index contributed by atoms with van der Waals surface area (Å²) in [6, 6.07) is 14.0. The highest BCUT2D eigenvalue weighted by atomic mass is 35.5. The topological polar surface area (TPSA) is 94.6 Å². The third-order valence-corrected chi connectivity index (χ3v) is 3.92. The van der Waals surface area contributed by atoms with Crippen molar-refractivity contribution in [2.75, 3.05) is 12.4 Å². The summed E-state index contributed by atoms with van der Waals surface area (Å²) < 4.78 is 10.6. The number of nitro benzene ring substituents is 1. The number of methoxy groups -OCH3 is 1. The number of nitrogens with one attached hydrogen (secondary N) is 1. The van der Waals surface area contributed by atoms with Crippen molar-refractivity contribution in [3.8, 4) is 17.1 Å². The van der Waals surface area contributed by atoms with E-state index in [1.165, 1.54) is 24.3 Å². The molecule has 26 heavy (non-hydrogen) atoms. The standard InChI is InChI=1S/C18H13ClN2O5/c1-25-13-5-2-11(3-6-13)20-18(22)17-9-8-16(26-17)14-7-4-12(21(23)24)10-15(14)19/h2-10H,1H3,(H,20,22). The lowest BCUT2D eigenvalue weighted by molar-refractivity contribution is -0.384. The van der Waals surface area contributed by atoms with E-state index < -0.39 is 10.8 Å². The molecule has 8 heteroatoms. The Morgan fingerprint density at radius 1 is 1.15 bits per heavy atom. The Bertz CT molecular complexity index is 966. The molecule has 0 aliphatic carbocycles. The SMILES string of the molecule is COc1ccc(NC(=O)c2ccc(-c3ccc([N+](=O)[O-])cc3Cl)o2)cc1. The van der Waals surface area contributed by atoms with Gasteiger partial charge in [0, 0.05) is 23.4 Å². The zero-order valence-corrected chi connectivity index (χ0v) is 14.3. The smallest absolute Gasteiger partial charge is 0.291 e. The molecule has 0 bridgehead atoms. The van der Waals surface area contributed by atoms with E-state index in [4.69, 9.17) is 20.8 Å². The summed E-state index contributed by atoms with van der Waals surface area (Å²) in [5, 5.41) is 13.6. The van der Waals surface area contributed by atoms with E-state index in [1.54, 1.807) is 37.4 Å². The maximum absolute atomic E-state index is 12.3. The number of halogens is 1. The molecule has 3 rings (SSSR count). The van der Waals surface area contributed by atoms with E-state index in [0.717, 1.165) is 0 Å². The summed E-state index contributed by atoms with van der Waals surface area (Å²) in [5.41, 5.74) is 0.922. The van der Waals surface area contributed by atoms with Crippen LogP contribution in [0.15, 0.2) is 59.0 Å². The number of amides is 1. The Morgan fingerprint density at radius 2 is 1.88 bits per heavy atom. The van der Waals surface area contributed by atoms with E-state index in [2.05, 4.69) is 5.32 Å². The quantitative estimate of drug-likeness (QED) is 0.514. The molecule has 0 radical (unpaired) electrons. The molecule has 0 saturated heterocycles. The maximum atomic E-state index is 12.3. The van der Waals surface area contributed by atoms with Gasteiger partial charge in [-0.1, -0.05) is 11.6 Å². The fourth-order valence-electron chi connectivity index (χ4n) is 2.29. The average molecular weight is 373 g/mol. The predicted molar refractivity (Wildman–Crippen MR) is 96.8 cm³/mol. The van der Waals surface area contributed by atoms with E-state index in [-0.39, 0.29) is 16.5 Å². The fourth-order valence-corrected chi connectivity index (χ4v) is 2.56. The number of carbonyl (C=O) groups is 1. The van der Waals surface area contributed by atoms with Crippen molar-refractivity contribution in [3.05, 3.63) is 75.5 Å². The minimum Gasteiger partial charge on any atom is -0.497 e. The molecule has 0 saturated carbocycles. The summed E-state index contributed by atoms with van der Waals surface area (Å²) in [4.78, 5) is 22.5. The van der Waals surface area contributed by atoms with Crippen LogP contribution in [0.4, 0.5) is 11.4 Å². The zero-order chi connectivity index (χ0) is 18.7. The number of hydrogen-bond acceptors (Lipinski definition) is 5. The predicted octanol–water partition coefficient (Wildman–Crippen LogP) is 4.77. The van der Waals surface area contributed by atoms with Crippen molar-refractivity contribution >= 4 is 28.9 Å². The summed E-state index contributed by atoms with van der Waals surface area (Å²) in [6.07, 6.45) is 0. The van der Waals surface area contributed by atoms with Crippen molar-refractivity contribution in [2.24, 2.45) is 0 Å². The van der Waals surface area contributed by atoms with Crippen molar-refractivity contribution < 1.29 is 18.9 Å². The molecule has 0 fully saturated rings. The molecule has 7 nitrogen and oxygen atoms in total. The number of hydrogen-bond donors (Lipinski definition) is 1. The van der Waals surface area contributed by atoms with Crippen LogP contribution >= 0.6 is 11.6 Å². The monoisotopic (exact) mass is 372 g/mol. The van der Waals surface area contributed by atoms with Crippen LogP contribution in [0.2, 0.25) is 5.02 Å². The Hall–Kier alpha value is -3.32. The third-order valence-electron chi connectivity index (χ3n) is 3.61. The second-order valence-electron chi connectivity index (χ2n) is 5.27. The van der Waals surface area contributed by atoms with Crippen LogP contribution in [0.25, 0.3) is 11.3 Å². The van der Waals surface area contributed by atoms with Crippen molar-refractivity contribution in [1.82, 2.24) is 0 Å². The molecule has 1 amide bonds. The van der Waals surface area contributed by atoms with E-state index in [9.17, 15) is 14.9 Å². The van der Waals surface area contributed by atoms with Gasteiger partial charge >= 0.3 is 0 Å². The van der Waals surface area contributed by atoms with Gasteiger partial charge in [-0.15, -0.1) is 0 Å². The number of carbonyl (C=O) groups excluding carboxylic acids is 1. The largest absolute Gasteiger partial charge is 0.497 e. The first kappa shape index (κ1) is 17.5. The van der Waals surface area contributed by atoms with Gasteiger partial charge in [0.2, 0.25) is 0 Å². The number of ether oxygens (including phenoxy) is 1. The molecule has 0 aliphatic rings. The van der Waals surface area contributed by atoms with Gasteiger partial charge in [-0.2, -0.15) is 0 Å². The zero-order valence-electron chi connectivity index (χ0n) is 13.6. The van der Waals surface area contributed by atoms with Crippen LogP contribution in [0.3, 0.4) is 0 Å². The summed E-state index contributed by atoms with van der Waals surface area (Å²) in [6.45, 7) is 0. The van der Waals surface area contributed by atoms with Gasteiger partial charge < -0.3 is 14.5 Å². The van der Waals surface area contributed by atoms with Gasteiger partial charge in [0.25, 0.3) is 11.6 Å². The van der Waals surface area contributed by atoms with Gasteiger partial charge in [0.15, 0.2) is 5.76 Å². The van der Waals surface area contributed by atoms with Crippen molar-refractivity contribution in [2.45, 2.75) is 0 Å². The van der Waals surface area contributed by atoms with Crippen molar-refractivity contribution in [1.29, 1.82) is 0 Å². The number of anilines is 1. The second-order valence-corrected chi connectivity index (χ2v) is 5.67. The van der Waals surface area contributed by atoms with E-state index >= 15 is 0 Å². The first-order valence-electron chi connectivity index (χ1n) is 7.47. The van der Waals surface area contributed by atoms with Gasteiger partial charge in [0.1, 0.15) is 11.5 Å². The molecule has 132 valence electrons. The highest BCUT2D eigenvalue weighted by molar-refractivity contribution is 6.33. The van der Waals surface area contributed by atoms with Crippen LogP contribution in [-0.4, -0.2) is 17.9 Å². The van der Waals surface area contributed by atoms with E-state index in [1.807, 2.05) is 0 Å². The molecule has 1 heterocycles. The Morgan fingerprint density at radius 3 is 2.50 bits per heavy atom. The molecule has 0 atom stereocenters. The molecule has 3 aromatic rings. The number of rotatable bonds is 5. The minimum atomic E-state index is -0.536. The van der Waals surface area contributed by atoms with E-state index in [0.29, 0.717) is 22.8 Å². The molecule has 0 spiro atoms. The average Bonchev–Trinajstić information content (AvgIpc) is 3.12. The number of nitrogens with zero attached hydrogens (tertiary/aromatic N) is 1. The lowest BCUT2D eigenvalue weighted by atomic mass is 10.1. The van der Waals surface area contributed by atoms with Gasteiger partial charge in [-0.3, -0.25) is 14.9 Å². The van der Waals surface area contributed by atoms with Gasteiger partial charge in [-0.05, 0) is 42.5 Å². The molecular formula is C18H13ClN2O5. The first-order valence-corrected chi connectivity index (χ1v) is 7.85. The van der Waals surface area contributed by atoms with Crippen LogP contribution in [-0.2, 0) is 0 Å². The Balaban J connectivity index is 1.78. The molecule has 0 unspecified atom stereocenters. The van der Waals surface area contributed by atoms with Crippen LogP contribution in [0.5, 0.6) is 5.75 Å². The Labute approximate surface area is 153 Å². The molecule has 0 aliphatic heterocycles. The van der Waals surface area contributed by atoms with Gasteiger partial charge in [-0.25, -0.2) is 0 Å². The third kappa shape index (κ3) is 3.68. The summed E-state index contributed by atoms with van der Waals surface area (Å²) in [7, 11) is 1.56. The summed E-state index contributed by atoms with van der Waals surface area (Å²) in [5.74, 6) is 0.672. The number of non-ortho nitro benzene ring substituents is 1. The highest BCUT2D eigenvalue weighted by Gasteiger charge is 2.16. The lowest BCUT2D eigenvalue weighted by Gasteiger charge is -2.05.